The molecule has 1 aliphatic heterocycles. The number of carbonyl (C=O) groups excluding carboxylic acids is 1. The number of hydrogen-bond donors (Lipinski definition) is 1. The lowest BCUT2D eigenvalue weighted by Crippen LogP contribution is -2.26. The predicted molar refractivity (Wildman–Crippen MR) is 132 cm³/mol. The molecule has 5 rings (SSSR count). The van der Waals surface area contributed by atoms with Crippen LogP contribution in [-0.2, 0) is 6.18 Å². The molecule has 0 saturated heterocycles. The molecular weight excluding hydrogens is 495 g/mol. The van der Waals surface area contributed by atoms with E-state index in [-0.39, 0.29) is 17.2 Å². The number of hydrogen-bond acceptors (Lipinski definition) is 5. The fourth-order valence-electron chi connectivity index (χ4n) is 3.83. The quantitative estimate of drug-likeness (QED) is 0.258. The number of fused-ring (bicyclic) bond motifs is 2. The van der Waals surface area contributed by atoms with E-state index in [4.69, 9.17) is 0 Å². The van der Waals surface area contributed by atoms with Crippen molar-refractivity contribution in [1.29, 1.82) is 0 Å². The number of amides is 1. The fraction of sp³-hybridized carbons (Fsp3) is 0.160. The molecule has 3 aromatic carbocycles. The number of nitrogens with zero attached hydrogens (tertiary/aromatic N) is 2. The Hall–Kier alpha value is -3.24. The molecule has 0 bridgehead atoms. The monoisotopic (exact) mass is 513 g/mol. The summed E-state index contributed by atoms with van der Waals surface area (Å²) < 4.78 is 40.8. The van der Waals surface area contributed by atoms with Gasteiger partial charge in [0, 0.05) is 22.0 Å². The van der Waals surface area contributed by atoms with Crippen molar-refractivity contribution in [3.05, 3.63) is 94.3 Å². The summed E-state index contributed by atoms with van der Waals surface area (Å²) in [5.41, 5.74) is 0.136. The minimum atomic E-state index is -4.53. The van der Waals surface area contributed by atoms with Gasteiger partial charge in [-0.05, 0) is 42.5 Å². The van der Waals surface area contributed by atoms with Crippen molar-refractivity contribution >= 4 is 46.0 Å². The van der Waals surface area contributed by atoms with E-state index < -0.39 is 17.6 Å². The molecule has 1 atom stereocenters. The number of alkyl halides is 3. The van der Waals surface area contributed by atoms with Gasteiger partial charge in [0.25, 0.3) is 11.5 Å². The Morgan fingerprint density at radius 1 is 1.09 bits per heavy atom. The van der Waals surface area contributed by atoms with Crippen molar-refractivity contribution < 1.29 is 18.0 Å². The zero-order valence-electron chi connectivity index (χ0n) is 18.1. The van der Waals surface area contributed by atoms with Crippen LogP contribution in [0.1, 0.15) is 22.0 Å². The maximum absolute atomic E-state index is 13.1. The minimum Gasteiger partial charge on any atom is -0.321 e. The third kappa shape index (κ3) is 4.81. The number of nitrogens with one attached hydrogen (secondary N) is 1. The van der Waals surface area contributed by atoms with E-state index in [2.05, 4.69) is 10.3 Å². The highest BCUT2D eigenvalue weighted by Gasteiger charge is 2.31. The molecule has 1 aromatic heterocycles. The number of carbonyl (C=O) groups is 1. The van der Waals surface area contributed by atoms with Gasteiger partial charge < -0.3 is 5.32 Å². The molecule has 35 heavy (non-hydrogen) atoms. The van der Waals surface area contributed by atoms with Crippen LogP contribution in [0.3, 0.4) is 0 Å². The highest BCUT2D eigenvalue weighted by atomic mass is 32.2. The van der Waals surface area contributed by atoms with Gasteiger partial charge in [-0.1, -0.05) is 42.1 Å². The lowest BCUT2D eigenvalue weighted by molar-refractivity contribution is -0.137. The normalized spacial score (nSPS) is 15.2. The first-order valence-electron chi connectivity index (χ1n) is 10.7. The second-order valence-electron chi connectivity index (χ2n) is 7.89. The number of aromatic nitrogens is 2. The van der Waals surface area contributed by atoms with Gasteiger partial charge in [0.2, 0.25) is 0 Å². The Kier molecular flexibility index (Phi) is 6.33. The van der Waals surface area contributed by atoms with Gasteiger partial charge in [-0.3, -0.25) is 14.2 Å². The lowest BCUT2D eigenvalue weighted by atomic mass is 10.1. The third-order valence-electron chi connectivity index (χ3n) is 5.56. The summed E-state index contributed by atoms with van der Waals surface area (Å²) in [7, 11) is 0. The number of benzene rings is 3. The van der Waals surface area contributed by atoms with Gasteiger partial charge in [-0.2, -0.15) is 13.2 Å². The molecule has 178 valence electrons. The van der Waals surface area contributed by atoms with Gasteiger partial charge in [0.1, 0.15) is 0 Å². The van der Waals surface area contributed by atoms with Gasteiger partial charge in [0.05, 0.1) is 28.2 Å². The van der Waals surface area contributed by atoms with Gasteiger partial charge in [-0.25, -0.2) is 4.98 Å². The van der Waals surface area contributed by atoms with Crippen molar-refractivity contribution in [3.8, 4) is 0 Å². The van der Waals surface area contributed by atoms with Crippen molar-refractivity contribution in [3.63, 3.8) is 0 Å². The second kappa shape index (κ2) is 9.43. The number of anilines is 1. The number of halogens is 3. The molecule has 1 aliphatic rings. The van der Waals surface area contributed by atoms with E-state index in [1.807, 2.05) is 30.3 Å². The van der Waals surface area contributed by atoms with E-state index in [9.17, 15) is 22.8 Å². The zero-order chi connectivity index (χ0) is 24.6. The molecule has 1 N–H and O–H groups in total. The summed E-state index contributed by atoms with van der Waals surface area (Å²) in [6.45, 7) is 0. The summed E-state index contributed by atoms with van der Waals surface area (Å²) in [4.78, 5) is 31.1. The smallest absolute Gasteiger partial charge is 0.321 e. The first-order valence-corrected chi connectivity index (χ1v) is 12.6. The molecule has 1 amide bonds. The molecule has 4 aromatic rings. The van der Waals surface area contributed by atoms with Crippen LogP contribution in [0.2, 0.25) is 0 Å². The topological polar surface area (TPSA) is 64.0 Å². The Morgan fingerprint density at radius 3 is 2.69 bits per heavy atom. The van der Waals surface area contributed by atoms with E-state index in [0.717, 1.165) is 17.0 Å². The SMILES string of the molecule is O=C(Nc1ccccc1SCC1CSc2nc3ccccc3c(=O)n21)c1cccc(C(F)(F)F)c1. The first kappa shape index (κ1) is 23.5. The van der Waals surface area contributed by atoms with Crippen molar-refractivity contribution in [2.75, 3.05) is 16.8 Å². The standard InChI is InChI=1S/C25H18F3N3O2S2/c26-25(27,28)16-7-5-6-15(12-16)22(32)29-20-10-3-4-11-21(20)34-13-17-14-35-24-30-19-9-2-1-8-18(19)23(33)31(17)24/h1-12,17H,13-14H2,(H,29,32). The van der Waals surface area contributed by atoms with E-state index in [1.165, 1.54) is 35.7 Å². The average molecular weight is 514 g/mol. The van der Waals surface area contributed by atoms with Crippen LogP contribution in [0.15, 0.2) is 87.6 Å². The maximum atomic E-state index is 13.1. The summed E-state index contributed by atoms with van der Waals surface area (Å²) in [5, 5.41) is 3.98. The van der Waals surface area contributed by atoms with Crippen molar-refractivity contribution in [2.24, 2.45) is 0 Å². The second-order valence-corrected chi connectivity index (χ2v) is 9.94. The highest BCUT2D eigenvalue weighted by Crippen LogP contribution is 2.37. The summed E-state index contributed by atoms with van der Waals surface area (Å²) in [6, 6.07) is 18.6. The molecule has 10 heteroatoms. The zero-order valence-corrected chi connectivity index (χ0v) is 19.7. The number of rotatable bonds is 5. The molecule has 0 aliphatic carbocycles. The highest BCUT2D eigenvalue weighted by molar-refractivity contribution is 8.00. The van der Waals surface area contributed by atoms with Crippen LogP contribution >= 0.6 is 23.5 Å². The summed E-state index contributed by atoms with van der Waals surface area (Å²) >= 11 is 3.00. The Labute approximate surface area is 206 Å². The van der Waals surface area contributed by atoms with Crippen LogP contribution in [-0.4, -0.2) is 27.0 Å². The Balaban J connectivity index is 1.34. The van der Waals surface area contributed by atoms with Crippen LogP contribution in [0.25, 0.3) is 10.9 Å². The fourth-order valence-corrected chi connectivity index (χ4v) is 6.21. The maximum Gasteiger partial charge on any atom is 0.416 e. The predicted octanol–water partition coefficient (Wildman–Crippen LogP) is 6.11. The molecule has 0 saturated carbocycles. The summed E-state index contributed by atoms with van der Waals surface area (Å²) in [5.74, 6) is 0.638. The molecule has 1 unspecified atom stereocenters. The van der Waals surface area contributed by atoms with Gasteiger partial charge in [0.15, 0.2) is 5.16 Å². The average Bonchev–Trinajstić information content (AvgIpc) is 3.26. The molecule has 5 nitrogen and oxygen atoms in total. The molecular formula is C25H18F3N3O2S2. The third-order valence-corrected chi connectivity index (χ3v) is 7.88. The summed E-state index contributed by atoms with van der Waals surface area (Å²) in [6.07, 6.45) is -4.53. The number of para-hydroxylation sites is 2. The molecule has 0 spiro atoms. The Bertz CT molecular complexity index is 1490. The van der Waals surface area contributed by atoms with Crippen molar-refractivity contribution in [2.45, 2.75) is 22.3 Å². The lowest BCUT2D eigenvalue weighted by Gasteiger charge is -2.16. The molecule has 0 radical (unpaired) electrons. The number of thioether (sulfide) groups is 2. The van der Waals surface area contributed by atoms with E-state index in [1.54, 1.807) is 22.8 Å². The van der Waals surface area contributed by atoms with E-state index in [0.29, 0.717) is 33.3 Å². The van der Waals surface area contributed by atoms with Crippen molar-refractivity contribution in [1.82, 2.24) is 9.55 Å². The van der Waals surface area contributed by atoms with Crippen LogP contribution in [0, 0.1) is 0 Å². The molecule has 0 fully saturated rings. The van der Waals surface area contributed by atoms with Crippen LogP contribution < -0.4 is 10.9 Å². The van der Waals surface area contributed by atoms with Crippen LogP contribution in [0.5, 0.6) is 0 Å². The van der Waals surface area contributed by atoms with Gasteiger partial charge >= 0.3 is 6.18 Å². The van der Waals surface area contributed by atoms with Gasteiger partial charge in [-0.15, -0.1) is 11.8 Å². The Morgan fingerprint density at radius 2 is 1.86 bits per heavy atom. The minimum absolute atomic E-state index is 0.0765. The largest absolute Gasteiger partial charge is 0.416 e. The van der Waals surface area contributed by atoms with Crippen LogP contribution in [0.4, 0.5) is 18.9 Å². The first-order chi connectivity index (χ1) is 16.8. The van der Waals surface area contributed by atoms with E-state index >= 15 is 0 Å². The molecule has 2 heterocycles.